The van der Waals surface area contributed by atoms with Crippen LogP contribution in [0, 0.1) is 0 Å². The lowest BCUT2D eigenvalue weighted by atomic mass is 9.93. The molecule has 1 saturated heterocycles. The minimum atomic E-state index is -1.10. The summed E-state index contributed by atoms with van der Waals surface area (Å²) in [6, 6.07) is 7.49. The summed E-state index contributed by atoms with van der Waals surface area (Å²) in [5.41, 5.74) is 0.143. The zero-order valence-electron chi connectivity index (χ0n) is 21.0. The van der Waals surface area contributed by atoms with E-state index in [4.69, 9.17) is 4.74 Å². The van der Waals surface area contributed by atoms with Crippen LogP contribution >= 0.6 is 0 Å². The van der Waals surface area contributed by atoms with Crippen LogP contribution in [-0.2, 0) is 17.9 Å². The van der Waals surface area contributed by atoms with Gasteiger partial charge in [-0.05, 0) is 51.8 Å². The summed E-state index contributed by atoms with van der Waals surface area (Å²) >= 11 is 0. The van der Waals surface area contributed by atoms with Crippen LogP contribution in [0.15, 0.2) is 30.6 Å². The molecule has 192 valence electrons. The summed E-state index contributed by atoms with van der Waals surface area (Å²) in [5, 5.41) is 5.92. The van der Waals surface area contributed by atoms with Gasteiger partial charge in [-0.2, -0.15) is 0 Å². The van der Waals surface area contributed by atoms with Gasteiger partial charge < -0.3 is 29.7 Å². The molecule has 0 spiro atoms. The largest absolute Gasteiger partial charge is 0.496 e. The predicted octanol–water partition coefficient (Wildman–Crippen LogP) is 1.41. The highest BCUT2D eigenvalue weighted by Gasteiger charge is 2.53. The van der Waals surface area contributed by atoms with Crippen LogP contribution in [0.25, 0.3) is 0 Å². The number of carbonyl (C=O) groups excluding carboxylic acids is 3. The minimum Gasteiger partial charge on any atom is -0.496 e. The second kappa shape index (κ2) is 9.93. The summed E-state index contributed by atoms with van der Waals surface area (Å²) in [6.45, 7) is 5.72. The van der Waals surface area contributed by atoms with Gasteiger partial charge in [0.1, 0.15) is 17.0 Å². The van der Waals surface area contributed by atoms with Gasteiger partial charge in [-0.25, -0.2) is 4.98 Å². The van der Waals surface area contributed by atoms with Crippen molar-refractivity contribution in [3.63, 3.8) is 0 Å². The Morgan fingerprint density at radius 1 is 1.17 bits per heavy atom. The Balaban J connectivity index is 1.32. The summed E-state index contributed by atoms with van der Waals surface area (Å²) in [7, 11) is 1.59. The molecule has 0 radical (unpaired) electrons. The smallest absolute Gasteiger partial charge is 0.274 e. The number of para-hydroxylation sites is 1. The zero-order chi connectivity index (χ0) is 25.3. The van der Waals surface area contributed by atoms with Gasteiger partial charge >= 0.3 is 0 Å². The molecular formula is C26H34N6O4. The average molecular weight is 495 g/mol. The van der Waals surface area contributed by atoms with Crippen molar-refractivity contribution < 1.29 is 19.1 Å². The molecule has 1 saturated carbocycles. The third-order valence-electron chi connectivity index (χ3n) is 7.43. The van der Waals surface area contributed by atoms with E-state index in [1.165, 1.54) is 19.2 Å². The van der Waals surface area contributed by atoms with E-state index in [-0.39, 0.29) is 48.2 Å². The Morgan fingerprint density at radius 2 is 1.92 bits per heavy atom. The van der Waals surface area contributed by atoms with Gasteiger partial charge in [0.25, 0.3) is 11.8 Å². The molecule has 3 heterocycles. The Bertz CT molecular complexity index is 1150. The zero-order valence-corrected chi connectivity index (χ0v) is 21.0. The van der Waals surface area contributed by atoms with Crippen LogP contribution in [0.3, 0.4) is 0 Å². The lowest BCUT2D eigenvalue weighted by Crippen LogP contribution is -2.64. The molecule has 10 nitrogen and oxygen atoms in total. The number of ether oxygens (including phenoxy) is 1. The number of hydrogen-bond donors (Lipinski definition) is 2. The van der Waals surface area contributed by atoms with Crippen LogP contribution < -0.4 is 15.4 Å². The van der Waals surface area contributed by atoms with E-state index >= 15 is 0 Å². The first kappa shape index (κ1) is 24.3. The van der Waals surface area contributed by atoms with Crippen molar-refractivity contribution in [1.82, 2.24) is 30.0 Å². The number of aromatic nitrogens is 2. The van der Waals surface area contributed by atoms with E-state index in [1.54, 1.807) is 23.5 Å². The lowest BCUT2D eigenvalue weighted by Gasteiger charge is -2.44. The highest BCUT2D eigenvalue weighted by molar-refractivity contribution is 6.07. The summed E-state index contributed by atoms with van der Waals surface area (Å²) < 4.78 is 7.05. The first-order valence-electron chi connectivity index (χ1n) is 12.7. The van der Waals surface area contributed by atoms with Gasteiger partial charge in [0, 0.05) is 31.2 Å². The molecule has 1 aromatic heterocycles. The first-order chi connectivity index (χ1) is 17.4. The van der Waals surface area contributed by atoms with Gasteiger partial charge in [-0.1, -0.05) is 18.2 Å². The van der Waals surface area contributed by atoms with E-state index in [1.807, 2.05) is 24.3 Å². The third kappa shape index (κ3) is 4.57. The van der Waals surface area contributed by atoms with E-state index in [0.717, 1.165) is 38.0 Å². The van der Waals surface area contributed by atoms with Crippen molar-refractivity contribution in [2.45, 2.75) is 57.3 Å². The predicted molar refractivity (Wildman–Crippen MR) is 133 cm³/mol. The molecule has 2 N–H and O–H groups in total. The summed E-state index contributed by atoms with van der Waals surface area (Å²) in [4.78, 5) is 48.5. The number of imidazole rings is 1. The molecule has 1 atom stereocenters. The number of likely N-dealkylation sites (tertiary alicyclic amines) is 1. The molecule has 0 bridgehead atoms. The number of benzene rings is 1. The topological polar surface area (TPSA) is 109 Å². The fraction of sp³-hybridized carbons (Fsp3) is 0.538. The van der Waals surface area contributed by atoms with E-state index in [2.05, 4.69) is 20.5 Å². The van der Waals surface area contributed by atoms with Crippen molar-refractivity contribution in [2.75, 3.05) is 33.3 Å². The standard InChI is InChI=1S/C26H34N6O4/c1-26(25(35)28-15-18-7-3-4-8-20(18)36-2)16-31-17-29-21(22(31)24(34)32(26)19-9-10-19)23(33)27-11-14-30-12-5-6-13-30/h3-4,7-8,17,19H,5-6,9-16H2,1-2H3,(H,27,33)(H,28,35). The molecule has 5 rings (SSSR count). The Morgan fingerprint density at radius 3 is 2.64 bits per heavy atom. The second-order valence-electron chi connectivity index (χ2n) is 10.0. The maximum absolute atomic E-state index is 13.7. The first-order valence-corrected chi connectivity index (χ1v) is 12.7. The number of fused-ring (bicyclic) bond motifs is 1. The van der Waals surface area contributed by atoms with Crippen molar-refractivity contribution in [2.24, 2.45) is 0 Å². The average Bonchev–Trinajstić information content (AvgIpc) is 3.38. The van der Waals surface area contributed by atoms with Gasteiger partial charge in [0.05, 0.1) is 20.0 Å². The number of carbonyl (C=O) groups is 3. The number of amides is 3. The molecule has 2 fully saturated rings. The molecule has 3 aliphatic rings. The summed E-state index contributed by atoms with van der Waals surface area (Å²) in [5.74, 6) is -0.221. The van der Waals surface area contributed by atoms with Crippen LogP contribution in [0.5, 0.6) is 5.75 Å². The number of hydrogen-bond acceptors (Lipinski definition) is 6. The highest BCUT2D eigenvalue weighted by atomic mass is 16.5. The fourth-order valence-corrected chi connectivity index (χ4v) is 5.35. The van der Waals surface area contributed by atoms with Crippen molar-refractivity contribution in [3.8, 4) is 5.75 Å². The van der Waals surface area contributed by atoms with Crippen LogP contribution in [0.4, 0.5) is 0 Å². The van der Waals surface area contributed by atoms with Crippen LogP contribution in [-0.4, -0.2) is 81.9 Å². The van der Waals surface area contributed by atoms with Crippen LogP contribution in [0.2, 0.25) is 0 Å². The minimum absolute atomic E-state index is 0.0192. The Labute approximate surface area is 211 Å². The second-order valence-corrected chi connectivity index (χ2v) is 10.0. The number of rotatable bonds is 9. The quantitative estimate of drug-likeness (QED) is 0.546. The van der Waals surface area contributed by atoms with Gasteiger partial charge in [-0.15, -0.1) is 0 Å². The molecule has 1 aromatic carbocycles. The third-order valence-corrected chi connectivity index (χ3v) is 7.43. The van der Waals surface area contributed by atoms with E-state index < -0.39 is 5.54 Å². The SMILES string of the molecule is COc1ccccc1CNC(=O)C1(C)Cn2cnc(C(=O)NCCN3CCCC3)c2C(=O)N1C1CC1. The van der Waals surface area contributed by atoms with Gasteiger partial charge in [0.15, 0.2) is 5.69 Å². The number of nitrogens with one attached hydrogen (secondary N) is 2. The van der Waals surface area contributed by atoms with Crippen LogP contribution in [0.1, 0.15) is 59.1 Å². The van der Waals surface area contributed by atoms with E-state index in [0.29, 0.717) is 12.3 Å². The van der Waals surface area contributed by atoms with Gasteiger partial charge in [0.2, 0.25) is 5.91 Å². The fourth-order valence-electron chi connectivity index (χ4n) is 5.35. The maximum atomic E-state index is 13.7. The molecule has 10 heteroatoms. The van der Waals surface area contributed by atoms with Crippen molar-refractivity contribution >= 4 is 17.7 Å². The highest BCUT2D eigenvalue weighted by Crippen LogP contribution is 2.39. The lowest BCUT2D eigenvalue weighted by molar-refractivity contribution is -0.133. The van der Waals surface area contributed by atoms with Crippen molar-refractivity contribution in [3.05, 3.63) is 47.5 Å². The van der Waals surface area contributed by atoms with Gasteiger partial charge in [-0.3, -0.25) is 14.4 Å². The molecule has 3 amide bonds. The molecule has 36 heavy (non-hydrogen) atoms. The molecule has 1 unspecified atom stereocenters. The van der Waals surface area contributed by atoms with Crippen molar-refractivity contribution in [1.29, 1.82) is 0 Å². The maximum Gasteiger partial charge on any atom is 0.274 e. The molecule has 2 aliphatic heterocycles. The Kier molecular flexibility index (Phi) is 6.70. The molecule has 2 aromatic rings. The van der Waals surface area contributed by atoms with E-state index in [9.17, 15) is 14.4 Å². The normalized spacial score (nSPS) is 21.8. The number of nitrogens with zero attached hydrogens (tertiary/aromatic N) is 4. The number of methoxy groups -OCH3 is 1. The summed E-state index contributed by atoms with van der Waals surface area (Å²) in [6.07, 6.45) is 5.57. The monoisotopic (exact) mass is 494 g/mol. The molecule has 1 aliphatic carbocycles. The Hall–Kier alpha value is -3.40. The molecular weight excluding hydrogens is 460 g/mol.